The minimum Gasteiger partial charge on any atom is -0.316 e. The third-order valence-corrected chi connectivity index (χ3v) is 4.08. The molecule has 2 unspecified atom stereocenters. The van der Waals surface area contributed by atoms with Crippen LogP contribution in [0.1, 0.15) is 20.8 Å². The molecule has 1 N–H and O–H groups in total. The van der Waals surface area contributed by atoms with E-state index in [1.807, 2.05) is 0 Å². The van der Waals surface area contributed by atoms with Crippen molar-refractivity contribution in [3.05, 3.63) is 12.2 Å². The van der Waals surface area contributed by atoms with Crippen molar-refractivity contribution in [2.45, 2.75) is 26.3 Å². The number of fused-ring (bicyclic) bond motifs is 1. The Morgan fingerprint density at radius 2 is 2.21 bits per heavy atom. The van der Waals surface area contributed by atoms with E-state index in [0.717, 1.165) is 18.4 Å². The molecule has 0 amide bonds. The first-order valence-corrected chi connectivity index (χ1v) is 5.73. The first-order valence-electron chi connectivity index (χ1n) is 5.73. The Morgan fingerprint density at radius 1 is 1.43 bits per heavy atom. The molecule has 14 heavy (non-hydrogen) atoms. The lowest BCUT2D eigenvalue weighted by atomic mass is 9.85. The van der Waals surface area contributed by atoms with Crippen LogP contribution in [0.2, 0.25) is 0 Å². The van der Waals surface area contributed by atoms with Crippen LogP contribution in [0.4, 0.5) is 0 Å². The molecular weight excluding hydrogens is 172 g/mol. The highest BCUT2D eigenvalue weighted by Crippen LogP contribution is 2.40. The van der Waals surface area contributed by atoms with Crippen molar-refractivity contribution in [1.29, 1.82) is 0 Å². The Kier molecular flexibility index (Phi) is 2.67. The summed E-state index contributed by atoms with van der Waals surface area (Å²) in [6.45, 7) is 11.7. The van der Waals surface area contributed by atoms with Crippen LogP contribution < -0.4 is 5.32 Å². The van der Waals surface area contributed by atoms with Gasteiger partial charge < -0.3 is 5.32 Å². The van der Waals surface area contributed by atoms with Gasteiger partial charge in [-0.05, 0) is 39.2 Å². The quantitative estimate of drug-likeness (QED) is 0.670. The van der Waals surface area contributed by atoms with Crippen molar-refractivity contribution in [1.82, 2.24) is 10.2 Å². The fraction of sp³-hybridized carbons (Fsp3) is 0.833. The van der Waals surface area contributed by atoms with Gasteiger partial charge in [-0.3, -0.25) is 4.90 Å². The van der Waals surface area contributed by atoms with Gasteiger partial charge in [0, 0.05) is 25.2 Å². The van der Waals surface area contributed by atoms with Crippen LogP contribution in [0.15, 0.2) is 12.2 Å². The Labute approximate surface area is 87.4 Å². The Hall–Kier alpha value is -0.340. The Morgan fingerprint density at radius 3 is 2.86 bits per heavy atom. The van der Waals surface area contributed by atoms with Crippen molar-refractivity contribution >= 4 is 0 Å². The number of hydrogen-bond donors (Lipinski definition) is 1. The van der Waals surface area contributed by atoms with Crippen molar-refractivity contribution < 1.29 is 0 Å². The highest BCUT2D eigenvalue weighted by molar-refractivity contribution is 5.05. The molecular formula is C12H22N2. The van der Waals surface area contributed by atoms with Gasteiger partial charge in [-0.25, -0.2) is 0 Å². The molecule has 2 rings (SSSR count). The lowest BCUT2D eigenvalue weighted by Crippen LogP contribution is -2.44. The zero-order valence-electron chi connectivity index (χ0n) is 9.59. The van der Waals surface area contributed by atoms with E-state index in [4.69, 9.17) is 0 Å². The summed E-state index contributed by atoms with van der Waals surface area (Å²) >= 11 is 0. The van der Waals surface area contributed by atoms with Crippen molar-refractivity contribution in [3.8, 4) is 0 Å². The monoisotopic (exact) mass is 194 g/mol. The van der Waals surface area contributed by atoms with Gasteiger partial charge in [0.25, 0.3) is 0 Å². The molecule has 2 aliphatic heterocycles. The zero-order chi connectivity index (χ0) is 10.2. The molecule has 2 atom stereocenters. The second-order valence-electron chi connectivity index (χ2n) is 5.15. The summed E-state index contributed by atoms with van der Waals surface area (Å²) in [5, 5.41) is 3.51. The van der Waals surface area contributed by atoms with Gasteiger partial charge in [-0.2, -0.15) is 0 Å². The van der Waals surface area contributed by atoms with Crippen LogP contribution in [0.5, 0.6) is 0 Å². The van der Waals surface area contributed by atoms with Gasteiger partial charge in [0.15, 0.2) is 0 Å². The molecule has 0 bridgehead atoms. The number of likely N-dealkylation sites (tertiary alicyclic amines) is 1. The van der Waals surface area contributed by atoms with Crippen LogP contribution in [0, 0.1) is 11.8 Å². The molecule has 0 aromatic rings. The molecule has 2 heterocycles. The fourth-order valence-electron chi connectivity index (χ4n) is 3.05. The predicted molar refractivity (Wildman–Crippen MR) is 60.3 cm³/mol. The molecule has 2 fully saturated rings. The minimum atomic E-state index is 0.383. The lowest BCUT2D eigenvalue weighted by molar-refractivity contribution is 0.155. The maximum absolute atomic E-state index is 3.51. The molecule has 0 aliphatic carbocycles. The number of nitrogens with zero attached hydrogens (tertiary/aromatic N) is 1. The van der Waals surface area contributed by atoms with Crippen LogP contribution in [0.3, 0.4) is 0 Å². The van der Waals surface area contributed by atoms with Gasteiger partial charge in [-0.15, -0.1) is 0 Å². The van der Waals surface area contributed by atoms with Crippen LogP contribution in [-0.2, 0) is 0 Å². The first-order chi connectivity index (χ1) is 6.66. The molecule has 2 saturated heterocycles. The highest BCUT2D eigenvalue weighted by Gasteiger charge is 2.48. The van der Waals surface area contributed by atoms with E-state index in [1.54, 1.807) is 0 Å². The van der Waals surface area contributed by atoms with Gasteiger partial charge in [0.1, 0.15) is 0 Å². The molecule has 0 spiro atoms. The molecule has 0 aromatic carbocycles. The Balaban J connectivity index is 2.07. The highest BCUT2D eigenvalue weighted by atomic mass is 15.2. The van der Waals surface area contributed by atoms with Crippen molar-refractivity contribution in [2.24, 2.45) is 11.8 Å². The molecule has 2 heteroatoms. The number of nitrogens with one attached hydrogen (secondary N) is 1. The summed E-state index contributed by atoms with van der Waals surface area (Å²) in [5.41, 5.74) is 0.383. The average molecular weight is 194 g/mol. The standard InChI is InChI=1S/C12H22N2/c1-4-5-6-14-9-10-7-13-8-11(10)12(14,2)3/h4-5,10-11,13H,6-9H2,1-3H3. The van der Waals surface area contributed by atoms with Crippen molar-refractivity contribution in [3.63, 3.8) is 0 Å². The van der Waals surface area contributed by atoms with E-state index in [-0.39, 0.29) is 0 Å². The minimum absolute atomic E-state index is 0.383. The van der Waals surface area contributed by atoms with Crippen LogP contribution in [-0.4, -0.2) is 36.6 Å². The Bertz CT molecular complexity index is 232. The summed E-state index contributed by atoms with van der Waals surface area (Å²) < 4.78 is 0. The zero-order valence-corrected chi connectivity index (χ0v) is 9.59. The number of allylic oxidation sites excluding steroid dienone is 1. The molecule has 2 nitrogen and oxygen atoms in total. The second kappa shape index (κ2) is 3.67. The number of hydrogen-bond acceptors (Lipinski definition) is 2. The van der Waals surface area contributed by atoms with E-state index >= 15 is 0 Å². The third-order valence-electron chi connectivity index (χ3n) is 4.08. The summed E-state index contributed by atoms with van der Waals surface area (Å²) in [4.78, 5) is 2.63. The lowest BCUT2D eigenvalue weighted by Gasteiger charge is -2.34. The van der Waals surface area contributed by atoms with Gasteiger partial charge in [-0.1, -0.05) is 12.2 Å². The molecule has 80 valence electrons. The largest absolute Gasteiger partial charge is 0.316 e. The summed E-state index contributed by atoms with van der Waals surface area (Å²) in [7, 11) is 0. The van der Waals surface area contributed by atoms with E-state index in [9.17, 15) is 0 Å². The van der Waals surface area contributed by atoms with Gasteiger partial charge in [0.2, 0.25) is 0 Å². The molecule has 0 radical (unpaired) electrons. The second-order valence-corrected chi connectivity index (χ2v) is 5.15. The SMILES string of the molecule is CC=CCN1CC2CNCC2C1(C)C. The maximum Gasteiger partial charge on any atom is 0.0200 e. The normalized spacial score (nSPS) is 36.8. The summed E-state index contributed by atoms with van der Waals surface area (Å²) in [5.74, 6) is 1.74. The predicted octanol–water partition coefficient (Wildman–Crippen LogP) is 1.49. The number of rotatable bonds is 2. The van der Waals surface area contributed by atoms with Gasteiger partial charge >= 0.3 is 0 Å². The smallest absolute Gasteiger partial charge is 0.0200 e. The topological polar surface area (TPSA) is 15.3 Å². The third kappa shape index (κ3) is 1.51. The van der Waals surface area contributed by atoms with Crippen molar-refractivity contribution in [2.75, 3.05) is 26.2 Å². The first kappa shape index (κ1) is 10.2. The maximum atomic E-state index is 3.51. The summed E-state index contributed by atoms with van der Waals surface area (Å²) in [6.07, 6.45) is 4.43. The van der Waals surface area contributed by atoms with E-state index in [0.29, 0.717) is 5.54 Å². The fourth-order valence-corrected chi connectivity index (χ4v) is 3.05. The average Bonchev–Trinajstić information content (AvgIpc) is 2.66. The van der Waals surface area contributed by atoms with E-state index < -0.39 is 0 Å². The van der Waals surface area contributed by atoms with E-state index in [1.165, 1.54) is 19.6 Å². The van der Waals surface area contributed by atoms with E-state index in [2.05, 4.69) is 43.1 Å². The molecule has 0 saturated carbocycles. The molecule has 2 aliphatic rings. The van der Waals surface area contributed by atoms with Crippen LogP contribution in [0.25, 0.3) is 0 Å². The van der Waals surface area contributed by atoms with Gasteiger partial charge in [0.05, 0.1) is 0 Å². The summed E-state index contributed by atoms with van der Waals surface area (Å²) in [6, 6.07) is 0. The molecule has 0 aromatic heterocycles. The van der Waals surface area contributed by atoms with Crippen LogP contribution >= 0.6 is 0 Å².